The second-order valence-corrected chi connectivity index (χ2v) is 8.11. The average Bonchev–Trinajstić information content (AvgIpc) is 2.38. The molecule has 4 fully saturated rings. The van der Waals surface area contributed by atoms with Crippen molar-refractivity contribution in [1.82, 2.24) is 9.97 Å². The Morgan fingerprint density at radius 2 is 1.58 bits per heavy atom. The van der Waals surface area contributed by atoms with E-state index in [0.29, 0.717) is 5.41 Å². The summed E-state index contributed by atoms with van der Waals surface area (Å²) in [7, 11) is 0. The summed E-state index contributed by atoms with van der Waals surface area (Å²) in [5, 5.41) is 0.951. The van der Waals surface area contributed by atoms with Gasteiger partial charge in [0, 0.05) is 18.1 Å². The van der Waals surface area contributed by atoms with Gasteiger partial charge in [-0.1, -0.05) is 11.8 Å². The minimum Gasteiger partial charge on any atom is -0.231 e. The van der Waals surface area contributed by atoms with Crippen molar-refractivity contribution in [2.45, 2.75) is 50.1 Å². The number of thioether (sulfide) groups is 1. The first-order chi connectivity index (χ1) is 9.31. The zero-order chi connectivity index (χ0) is 12.7. The second kappa shape index (κ2) is 4.76. The molecule has 0 aromatic carbocycles. The fourth-order valence-electron chi connectivity index (χ4n) is 5.31. The lowest BCUT2D eigenvalue weighted by Crippen LogP contribution is -2.46. The van der Waals surface area contributed by atoms with Crippen LogP contribution in [0.2, 0.25) is 0 Å². The first-order valence-electron chi connectivity index (χ1n) is 7.71. The molecule has 0 aliphatic heterocycles. The van der Waals surface area contributed by atoms with E-state index in [1.165, 1.54) is 31.4 Å². The Hall–Kier alpha value is -0.570. The van der Waals surface area contributed by atoms with Crippen molar-refractivity contribution in [2.75, 3.05) is 5.75 Å². The van der Waals surface area contributed by atoms with Crippen molar-refractivity contribution in [3.05, 3.63) is 18.5 Å². The van der Waals surface area contributed by atoms with Crippen LogP contribution in [0.3, 0.4) is 0 Å². The third-order valence-corrected chi connectivity index (χ3v) is 6.45. The Bertz CT molecular complexity index is 410. The van der Waals surface area contributed by atoms with Gasteiger partial charge in [-0.05, 0) is 74.2 Å². The van der Waals surface area contributed by atoms with Crippen molar-refractivity contribution < 1.29 is 0 Å². The predicted molar refractivity (Wildman–Crippen MR) is 78.0 cm³/mol. The molecule has 0 radical (unpaired) electrons. The molecule has 4 aliphatic rings. The van der Waals surface area contributed by atoms with E-state index >= 15 is 0 Å². The lowest BCUT2D eigenvalue weighted by atomic mass is 9.49. The largest absolute Gasteiger partial charge is 0.231 e. The molecule has 4 aliphatic carbocycles. The molecule has 0 saturated heterocycles. The normalized spacial score (nSPS) is 39.7. The molecule has 0 atom stereocenters. The van der Waals surface area contributed by atoms with Crippen LogP contribution < -0.4 is 0 Å². The highest BCUT2D eigenvalue weighted by Crippen LogP contribution is 2.61. The van der Waals surface area contributed by atoms with Crippen LogP contribution in [0.25, 0.3) is 0 Å². The predicted octanol–water partition coefficient (Wildman–Crippen LogP) is 4.18. The summed E-state index contributed by atoms with van der Waals surface area (Å²) < 4.78 is 0. The fourth-order valence-corrected chi connectivity index (χ4v) is 6.30. The molecule has 5 rings (SSSR count). The summed E-state index contributed by atoms with van der Waals surface area (Å²) in [6.07, 6.45) is 14.3. The van der Waals surface area contributed by atoms with E-state index in [9.17, 15) is 0 Å². The van der Waals surface area contributed by atoms with Crippen LogP contribution in [-0.4, -0.2) is 15.7 Å². The summed E-state index contributed by atoms with van der Waals surface area (Å²) >= 11 is 1.85. The molecule has 1 aromatic heterocycles. The lowest BCUT2D eigenvalue weighted by molar-refractivity contribution is -0.0538. The summed E-state index contributed by atoms with van der Waals surface area (Å²) in [4.78, 5) is 8.63. The Morgan fingerprint density at radius 3 is 2.16 bits per heavy atom. The third-order valence-electron chi connectivity index (χ3n) is 5.57. The number of hydrogen-bond donors (Lipinski definition) is 0. The van der Waals surface area contributed by atoms with Gasteiger partial charge in [0.2, 0.25) is 0 Å². The molecule has 4 saturated carbocycles. The van der Waals surface area contributed by atoms with Crippen molar-refractivity contribution >= 4 is 11.8 Å². The van der Waals surface area contributed by atoms with Crippen LogP contribution in [0, 0.1) is 23.2 Å². The molecule has 19 heavy (non-hydrogen) atoms. The maximum atomic E-state index is 4.31. The molecule has 0 spiro atoms. The number of hydrogen-bond acceptors (Lipinski definition) is 3. The zero-order valence-electron chi connectivity index (χ0n) is 11.4. The van der Waals surface area contributed by atoms with E-state index < -0.39 is 0 Å². The summed E-state index contributed by atoms with van der Waals surface area (Å²) in [5.74, 6) is 4.42. The van der Waals surface area contributed by atoms with Crippen LogP contribution in [0.5, 0.6) is 0 Å². The summed E-state index contributed by atoms with van der Waals surface area (Å²) in [6.45, 7) is 0. The van der Waals surface area contributed by atoms with Gasteiger partial charge in [-0.3, -0.25) is 0 Å². The molecule has 1 aromatic rings. The second-order valence-electron chi connectivity index (χ2n) is 7.05. The SMILES string of the molecule is c1cnc(SCCC23CC4CC(CC(C4)C2)C3)nc1. The topological polar surface area (TPSA) is 25.8 Å². The zero-order valence-corrected chi connectivity index (χ0v) is 12.2. The summed E-state index contributed by atoms with van der Waals surface area (Å²) in [5.41, 5.74) is 0.705. The molecular formula is C16H22N2S. The Balaban J connectivity index is 1.38. The maximum Gasteiger partial charge on any atom is 0.187 e. The molecule has 102 valence electrons. The number of aromatic nitrogens is 2. The van der Waals surface area contributed by atoms with Crippen LogP contribution >= 0.6 is 11.8 Å². The summed E-state index contributed by atoms with van der Waals surface area (Å²) in [6, 6.07) is 1.89. The van der Waals surface area contributed by atoms with Gasteiger partial charge in [0.1, 0.15) is 0 Å². The molecule has 0 amide bonds. The molecule has 2 nitrogen and oxygen atoms in total. The van der Waals surface area contributed by atoms with E-state index in [4.69, 9.17) is 0 Å². The number of nitrogens with zero attached hydrogens (tertiary/aromatic N) is 2. The first-order valence-corrected chi connectivity index (χ1v) is 8.70. The standard InChI is InChI=1S/C16H22N2S/c1-3-17-15(18-4-1)19-5-2-16-9-12-6-13(10-16)8-14(7-12)11-16/h1,3-4,12-14H,2,5-11H2. The quantitative estimate of drug-likeness (QED) is 0.608. The van der Waals surface area contributed by atoms with Crippen LogP contribution in [0.1, 0.15) is 44.9 Å². The van der Waals surface area contributed by atoms with Gasteiger partial charge in [-0.25, -0.2) is 9.97 Å². The highest BCUT2D eigenvalue weighted by Gasteiger charge is 2.50. The molecule has 3 heteroatoms. The fraction of sp³-hybridized carbons (Fsp3) is 0.750. The minimum atomic E-state index is 0.705. The van der Waals surface area contributed by atoms with Gasteiger partial charge in [0.05, 0.1) is 0 Å². The van der Waals surface area contributed by atoms with E-state index in [-0.39, 0.29) is 0 Å². The Labute approximate surface area is 119 Å². The average molecular weight is 274 g/mol. The number of rotatable bonds is 4. The molecular weight excluding hydrogens is 252 g/mol. The van der Waals surface area contributed by atoms with Gasteiger partial charge < -0.3 is 0 Å². The van der Waals surface area contributed by atoms with Gasteiger partial charge >= 0.3 is 0 Å². The van der Waals surface area contributed by atoms with Gasteiger partial charge in [0.25, 0.3) is 0 Å². The smallest absolute Gasteiger partial charge is 0.187 e. The first kappa shape index (κ1) is 12.2. The molecule has 1 heterocycles. The highest BCUT2D eigenvalue weighted by molar-refractivity contribution is 7.99. The molecule has 0 unspecified atom stereocenters. The third kappa shape index (κ3) is 2.42. The van der Waals surface area contributed by atoms with Crippen molar-refractivity contribution in [1.29, 1.82) is 0 Å². The van der Waals surface area contributed by atoms with E-state index in [2.05, 4.69) is 9.97 Å². The van der Waals surface area contributed by atoms with Crippen molar-refractivity contribution in [3.8, 4) is 0 Å². The van der Waals surface area contributed by atoms with Crippen molar-refractivity contribution in [3.63, 3.8) is 0 Å². The van der Waals surface area contributed by atoms with E-state index in [1.54, 1.807) is 19.3 Å². The van der Waals surface area contributed by atoms with Crippen LogP contribution in [0.4, 0.5) is 0 Å². The van der Waals surface area contributed by atoms with Crippen LogP contribution in [-0.2, 0) is 0 Å². The molecule has 0 N–H and O–H groups in total. The lowest BCUT2D eigenvalue weighted by Gasteiger charge is -2.57. The Kier molecular flexibility index (Phi) is 3.06. The highest BCUT2D eigenvalue weighted by atomic mass is 32.2. The van der Waals surface area contributed by atoms with Crippen LogP contribution in [0.15, 0.2) is 23.6 Å². The van der Waals surface area contributed by atoms with E-state index in [0.717, 1.165) is 22.9 Å². The monoisotopic (exact) mass is 274 g/mol. The van der Waals surface area contributed by atoms with Gasteiger partial charge in [-0.15, -0.1) is 0 Å². The van der Waals surface area contributed by atoms with Gasteiger partial charge in [-0.2, -0.15) is 0 Å². The van der Waals surface area contributed by atoms with E-state index in [1.807, 2.05) is 30.2 Å². The van der Waals surface area contributed by atoms with Crippen molar-refractivity contribution in [2.24, 2.45) is 23.2 Å². The Morgan fingerprint density at radius 1 is 1.00 bits per heavy atom. The molecule has 4 bridgehead atoms. The maximum absolute atomic E-state index is 4.31. The minimum absolute atomic E-state index is 0.705. The van der Waals surface area contributed by atoms with Gasteiger partial charge in [0.15, 0.2) is 5.16 Å².